The van der Waals surface area contributed by atoms with Crippen molar-refractivity contribution in [2.24, 2.45) is 0 Å². The summed E-state index contributed by atoms with van der Waals surface area (Å²) < 4.78 is 30.1. The van der Waals surface area contributed by atoms with Gasteiger partial charge >= 0.3 is 0 Å². The van der Waals surface area contributed by atoms with E-state index in [-0.39, 0.29) is 12.4 Å². The number of hydrogen-bond donors (Lipinski definition) is 0. The van der Waals surface area contributed by atoms with Crippen molar-refractivity contribution in [1.29, 1.82) is 0 Å². The second-order valence-corrected chi connectivity index (χ2v) is 5.41. The first-order valence-electron chi connectivity index (χ1n) is 8.07. The Balaban J connectivity index is 2.11. The second-order valence-electron chi connectivity index (χ2n) is 5.41. The monoisotopic (exact) mass is 342 g/mol. The Kier molecular flexibility index (Phi) is 7.23. The van der Waals surface area contributed by atoms with Gasteiger partial charge < -0.3 is 14.2 Å². The summed E-state index contributed by atoms with van der Waals surface area (Å²) in [4.78, 5) is 0. The molecule has 0 saturated heterocycles. The molecule has 0 N–H and O–H groups in total. The van der Waals surface area contributed by atoms with Gasteiger partial charge in [-0.3, -0.25) is 0 Å². The molecule has 0 fully saturated rings. The minimum Gasteiger partial charge on any atom is -0.490 e. The number of hydrogen-bond acceptors (Lipinski definition) is 3. The van der Waals surface area contributed by atoms with Crippen molar-refractivity contribution in [1.82, 2.24) is 0 Å². The number of ether oxygens (including phenoxy) is 3. The van der Waals surface area contributed by atoms with Gasteiger partial charge in [0.1, 0.15) is 30.5 Å². The van der Waals surface area contributed by atoms with Gasteiger partial charge in [-0.15, -0.1) is 0 Å². The molecule has 0 radical (unpaired) electrons. The normalized spacial score (nSPS) is 11.2. The van der Waals surface area contributed by atoms with Crippen LogP contribution in [0.5, 0.6) is 11.5 Å². The van der Waals surface area contributed by atoms with E-state index in [2.05, 4.69) is 6.58 Å². The van der Waals surface area contributed by atoms with Crippen molar-refractivity contribution in [3.8, 4) is 11.5 Å². The second kappa shape index (κ2) is 9.64. The Morgan fingerprint density at radius 1 is 1.08 bits per heavy atom. The Morgan fingerprint density at radius 2 is 1.76 bits per heavy atom. The Bertz CT molecular complexity index is 720. The summed E-state index contributed by atoms with van der Waals surface area (Å²) in [6.07, 6.45) is 3.65. The summed E-state index contributed by atoms with van der Waals surface area (Å²) in [6, 6.07) is 12.0. The SMILES string of the molecule is C=CCOc1ccc(OCc2cc(F)ccc2/C(=C\C)COC)cc1. The van der Waals surface area contributed by atoms with Crippen molar-refractivity contribution < 1.29 is 18.6 Å². The lowest BCUT2D eigenvalue weighted by molar-refractivity contribution is 0.239. The van der Waals surface area contributed by atoms with E-state index in [1.165, 1.54) is 12.1 Å². The Morgan fingerprint density at radius 3 is 2.36 bits per heavy atom. The van der Waals surface area contributed by atoms with Crippen LogP contribution in [0.15, 0.2) is 61.2 Å². The molecule has 25 heavy (non-hydrogen) atoms. The lowest BCUT2D eigenvalue weighted by Crippen LogP contribution is -2.03. The quantitative estimate of drug-likeness (QED) is 0.599. The van der Waals surface area contributed by atoms with Gasteiger partial charge in [0.25, 0.3) is 0 Å². The van der Waals surface area contributed by atoms with Crippen LogP contribution in [0.1, 0.15) is 18.1 Å². The molecule has 0 saturated carbocycles. The summed E-state index contributed by atoms with van der Waals surface area (Å²) in [5.74, 6) is 1.15. The molecule has 0 aliphatic rings. The lowest BCUT2D eigenvalue weighted by atomic mass is 10.00. The topological polar surface area (TPSA) is 27.7 Å². The smallest absolute Gasteiger partial charge is 0.123 e. The average Bonchev–Trinajstić information content (AvgIpc) is 2.64. The summed E-state index contributed by atoms with van der Waals surface area (Å²) >= 11 is 0. The number of allylic oxidation sites excluding steroid dienone is 1. The summed E-state index contributed by atoms with van der Waals surface area (Å²) in [5.41, 5.74) is 2.70. The van der Waals surface area contributed by atoms with Crippen LogP contribution in [0, 0.1) is 5.82 Å². The molecule has 0 aliphatic heterocycles. The molecule has 2 aromatic rings. The predicted octanol–water partition coefficient (Wildman–Crippen LogP) is 5.02. The Hall–Kier alpha value is -2.59. The van der Waals surface area contributed by atoms with Crippen LogP contribution in [0.4, 0.5) is 4.39 Å². The minimum absolute atomic E-state index is 0.265. The van der Waals surface area contributed by atoms with Crippen LogP contribution in [0.2, 0.25) is 0 Å². The van der Waals surface area contributed by atoms with Crippen molar-refractivity contribution in [2.75, 3.05) is 20.3 Å². The third-order valence-corrected chi connectivity index (χ3v) is 3.65. The van der Waals surface area contributed by atoms with Crippen molar-refractivity contribution in [3.63, 3.8) is 0 Å². The van der Waals surface area contributed by atoms with Gasteiger partial charge in [-0.05, 0) is 60.0 Å². The van der Waals surface area contributed by atoms with E-state index in [9.17, 15) is 4.39 Å². The third-order valence-electron chi connectivity index (χ3n) is 3.65. The maximum atomic E-state index is 13.7. The van der Waals surface area contributed by atoms with E-state index in [4.69, 9.17) is 14.2 Å². The fourth-order valence-electron chi connectivity index (χ4n) is 2.42. The number of benzene rings is 2. The highest BCUT2D eigenvalue weighted by Crippen LogP contribution is 2.24. The average molecular weight is 342 g/mol. The minimum atomic E-state index is -0.289. The zero-order chi connectivity index (χ0) is 18.1. The summed E-state index contributed by atoms with van der Waals surface area (Å²) in [7, 11) is 1.64. The molecule has 3 nitrogen and oxygen atoms in total. The lowest BCUT2D eigenvalue weighted by Gasteiger charge is -2.14. The molecule has 4 heteroatoms. The number of methoxy groups -OCH3 is 1. The molecule has 0 unspecified atom stereocenters. The van der Waals surface area contributed by atoms with Gasteiger partial charge in [0, 0.05) is 7.11 Å². The number of rotatable bonds is 9. The molecule has 0 spiro atoms. The van der Waals surface area contributed by atoms with E-state index < -0.39 is 0 Å². The molecular formula is C21H23FO3. The predicted molar refractivity (Wildman–Crippen MR) is 98.4 cm³/mol. The van der Waals surface area contributed by atoms with Gasteiger partial charge in [0.05, 0.1) is 6.61 Å². The molecular weight excluding hydrogens is 319 g/mol. The third kappa shape index (κ3) is 5.47. The molecule has 132 valence electrons. The summed E-state index contributed by atoms with van der Waals surface area (Å²) in [6.45, 7) is 6.73. The molecule has 0 bridgehead atoms. The molecule has 0 atom stereocenters. The van der Waals surface area contributed by atoms with Crippen LogP contribution in [-0.2, 0) is 11.3 Å². The zero-order valence-electron chi connectivity index (χ0n) is 14.6. The molecule has 0 amide bonds. The van der Waals surface area contributed by atoms with Crippen molar-refractivity contribution in [3.05, 3.63) is 78.1 Å². The highest BCUT2D eigenvalue weighted by molar-refractivity contribution is 5.68. The van der Waals surface area contributed by atoms with Crippen LogP contribution in [-0.4, -0.2) is 20.3 Å². The van der Waals surface area contributed by atoms with E-state index in [0.717, 1.165) is 22.4 Å². The first kappa shape index (κ1) is 18.7. The summed E-state index contributed by atoms with van der Waals surface area (Å²) in [5, 5.41) is 0. The largest absolute Gasteiger partial charge is 0.490 e. The zero-order valence-corrected chi connectivity index (χ0v) is 14.6. The fourth-order valence-corrected chi connectivity index (χ4v) is 2.42. The van der Waals surface area contributed by atoms with Gasteiger partial charge in [-0.1, -0.05) is 24.8 Å². The van der Waals surface area contributed by atoms with Gasteiger partial charge in [0.2, 0.25) is 0 Å². The molecule has 2 rings (SSSR count). The van der Waals surface area contributed by atoms with E-state index >= 15 is 0 Å². The highest BCUT2D eigenvalue weighted by Gasteiger charge is 2.10. The first-order valence-corrected chi connectivity index (χ1v) is 8.07. The molecule has 0 aromatic heterocycles. The fraction of sp³-hybridized carbons (Fsp3) is 0.238. The molecule has 0 heterocycles. The highest BCUT2D eigenvalue weighted by atomic mass is 19.1. The van der Waals surface area contributed by atoms with E-state index in [1.807, 2.05) is 37.3 Å². The van der Waals surface area contributed by atoms with Crippen molar-refractivity contribution in [2.45, 2.75) is 13.5 Å². The van der Waals surface area contributed by atoms with E-state index in [1.54, 1.807) is 19.3 Å². The van der Waals surface area contributed by atoms with Crippen molar-refractivity contribution >= 4 is 5.57 Å². The molecule has 0 aliphatic carbocycles. The Labute approximate surface area is 148 Å². The van der Waals surface area contributed by atoms with Crippen LogP contribution in [0.3, 0.4) is 0 Å². The van der Waals surface area contributed by atoms with Crippen LogP contribution >= 0.6 is 0 Å². The van der Waals surface area contributed by atoms with Gasteiger partial charge in [0.15, 0.2) is 0 Å². The standard InChI is InChI=1S/C21H23FO3/c1-4-12-24-19-7-9-20(10-8-19)25-15-17-13-18(22)6-11-21(17)16(5-2)14-23-3/h4-11,13H,1,12,14-15H2,2-3H3/b16-5-. The first-order chi connectivity index (χ1) is 12.2. The van der Waals surface area contributed by atoms with Gasteiger partial charge in [-0.25, -0.2) is 4.39 Å². The number of halogens is 1. The van der Waals surface area contributed by atoms with Gasteiger partial charge in [-0.2, -0.15) is 0 Å². The maximum Gasteiger partial charge on any atom is 0.123 e. The van der Waals surface area contributed by atoms with Crippen LogP contribution in [0.25, 0.3) is 5.57 Å². The maximum absolute atomic E-state index is 13.7. The van der Waals surface area contributed by atoms with E-state index in [0.29, 0.717) is 19.0 Å². The van der Waals surface area contributed by atoms with Crippen LogP contribution < -0.4 is 9.47 Å². The molecule has 2 aromatic carbocycles.